The van der Waals surface area contributed by atoms with Crippen LogP contribution in [0.5, 0.6) is 5.75 Å². The van der Waals surface area contributed by atoms with Gasteiger partial charge in [-0.15, -0.1) is 0 Å². The van der Waals surface area contributed by atoms with Crippen LogP contribution in [0, 0.1) is 23.3 Å². The van der Waals surface area contributed by atoms with Crippen LogP contribution in [0.25, 0.3) is 11.1 Å². The molecule has 0 saturated carbocycles. The second-order valence-corrected chi connectivity index (χ2v) is 10.8. The van der Waals surface area contributed by atoms with Gasteiger partial charge in [0.05, 0.1) is 12.0 Å². The van der Waals surface area contributed by atoms with Crippen LogP contribution in [0.1, 0.15) is 15.9 Å². The average Bonchev–Trinajstić information content (AvgIpc) is 2.99. The van der Waals surface area contributed by atoms with Gasteiger partial charge in [-0.3, -0.25) is 4.79 Å². The number of carbonyl (C=O) groups is 1. The van der Waals surface area contributed by atoms with Crippen LogP contribution in [0.2, 0.25) is 0 Å². The molecule has 0 fully saturated rings. The predicted molar refractivity (Wildman–Crippen MR) is 149 cm³/mol. The van der Waals surface area contributed by atoms with Gasteiger partial charge >= 0.3 is 0 Å². The molecule has 40 heavy (non-hydrogen) atoms. The number of rotatable bonds is 8. The number of ketones is 1. The third-order valence-corrected chi connectivity index (χ3v) is 8.21. The quantitative estimate of drug-likeness (QED) is 0.0796. The van der Waals surface area contributed by atoms with Crippen LogP contribution in [0.3, 0.4) is 0 Å². The van der Waals surface area contributed by atoms with E-state index in [0.717, 1.165) is 27.1 Å². The SMILES string of the molecule is COc1ccc(Sc2cc(F)c(F)c(F)c2F)c(-c2ccc(Sc3ccccc3C(=O)c3ccccc3)cc2)c1. The monoisotopic (exact) mass is 576 g/mol. The lowest BCUT2D eigenvalue weighted by molar-refractivity contribution is 0.103. The van der Waals surface area contributed by atoms with E-state index in [9.17, 15) is 22.4 Å². The highest BCUT2D eigenvalue weighted by atomic mass is 32.2. The molecule has 0 aliphatic rings. The average molecular weight is 577 g/mol. The Morgan fingerprint density at radius 2 is 1.35 bits per heavy atom. The van der Waals surface area contributed by atoms with E-state index in [1.54, 1.807) is 36.4 Å². The number of hydrogen-bond acceptors (Lipinski definition) is 4. The maximum absolute atomic E-state index is 14.4. The third-order valence-electron chi connectivity index (χ3n) is 6.04. The van der Waals surface area contributed by atoms with E-state index in [1.807, 2.05) is 60.7 Å². The summed E-state index contributed by atoms with van der Waals surface area (Å²) in [6, 6.07) is 29.6. The van der Waals surface area contributed by atoms with Gasteiger partial charge in [-0.2, -0.15) is 0 Å². The Labute approximate surface area is 237 Å². The first kappa shape index (κ1) is 27.6. The molecular weight excluding hydrogens is 556 g/mol. The van der Waals surface area contributed by atoms with Gasteiger partial charge in [-0.25, -0.2) is 17.6 Å². The summed E-state index contributed by atoms with van der Waals surface area (Å²) in [6.45, 7) is 0. The van der Waals surface area contributed by atoms with Crippen molar-refractivity contribution >= 4 is 29.3 Å². The van der Waals surface area contributed by atoms with E-state index < -0.39 is 23.3 Å². The van der Waals surface area contributed by atoms with Gasteiger partial charge in [0.1, 0.15) is 5.75 Å². The Hall–Kier alpha value is -4.01. The second-order valence-electron chi connectivity index (χ2n) is 8.58. The van der Waals surface area contributed by atoms with Crippen molar-refractivity contribution in [3.05, 3.63) is 138 Å². The zero-order valence-corrected chi connectivity index (χ0v) is 22.6. The fourth-order valence-corrected chi connectivity index (χ4v) is 5.96. The largest absolute Gasteiger partial charge is 0.497 e. The van der Waals surface area contributed by atoms with Gasteiger partial charge in [0.15, 0.2) is 29.1 Å². The molecule has 8 heteroatoms. The topological polar surface area (TPSA) is 26.3 Å². The summed E-state index contributed by atoms with van der Waals surface area (Å²) in [5.74, 6) is -6.17. The van der Waals surface area contributed by atoms with E-state index >= 15 is 0 Å². The molecule has 5 aromatic rings. The fourth-order valence-electron chi connectivity index (χ4n) is 4.01. The van der Waals surface area contributed by atoms with Gasteiger partial charge in [0.2, 0.25) is 0 Å². The zero-order valence-electron chi connectivity index (χ0n) is 21.0. The summed E-state index contributed by atoms with van der Waals surface area (Å²) in [4.78, 5) is 14.9. The van der Waals surface area contributed by atoms with Crippen LogP contribution >= 0.6 is 23.5 Å². The van der Waals surface area contributed by atoms with Crippen LogP contribution < -0.4 is 4.74 Å². The van der Waals surface area contributed by atoms with Crippen molar-refractivity contribution < 1.29 is 27.1 Å². The highest BCUT2D eigenvalue weighted by molar-refractivity contribution is 7.99. The molecule has 0 spiro atoms. The molecule has 0 aliphatic heterocycles. The Balaban J connectivity index is 1.45. The standard InChI is InChI=1S/C32H20F4O2S2/c1-38-21-13-16-27(40-28-18-25(33)29(34)31(36)30(28)35)24(17-21)19-11-14-22(15-12-19)39-26-10-6-5-9-23(26)32(37)20-7-3-2-4-8-20/h2-18H,1H3. The summed E-state index contributed by atoms with van der Waals surface area (Å²) < 4.78 is 60.9. The summed E-state index contributed by atoms with van der Waals surface area (Å²) in [5.41, 5.74) is 2.56. The first-order valence-corrected chi connectivity index (χ1v) is 13.6. The third kappa shape index (κ3) is 5.78. The summed E-state index contributed by atoms with van der Waals surface area (Å²) in [5, 5.41) is 0. The Bertz CT molecular complexity index is 1690. The van der Waals surface area contributed by atoms with Crippen molar-refractivity contribution in [2.45, 2.75) is 19.6 Å². The van der Waals surface area contributed by atoms with Gasteiger partial charge in [0, 0.05) is 25.8 Å². The highest BCUT2D eigenvalue weighted by Gasteiger charge is 2.21. The van der Waals surface area contributed by atoms with Crippen molar-refractivity contribution in [2.75, 3.05) is 7.11 Å². The minimum absolute atomic E-state index is 0.0701. The molecule has 200 valence electrons. The Kier molecular flexibility index (Phi) is 8.28. The molecule has 0 N–H and O–H groups in total. The van der Waals surface area contributed by atoms with Crippen molar-refractivity contribution in [1.29, 1.82) is 0 Å². The number of ether oxygens (including phenoxy) is 1. The van der Waals surface area contributed by atoms with Crippen LogP contribution in [0.4, 0.5) is 17.6 Å². The van der Waals surface area contributed by atoms with Crippen LogP contribution in [-0.2, 0) is 0 Å². The maximum atomic E-state index is 14.4. The van der Waals surface area contributed by atoms with Gasteiger partial charge in [-0.05, 0) is 59.7 Å². The van der Waals surface area contributed by atoms with E-state index in [-0.39, 0.29) is 10.7 Å². The molecule has 0 aromatic heterocycles. The lowest BCUT2D eigenvalue weighted by Crippen LogP contribution is -2.02. The molecular formula is C32H20F4O2S2. The summed E-state index contributed by atoms with van der Waals surface area (Å²) >= 11 is 2.22. The molecule has 0 aliphatic carbocycles. The van der Waals surface area contributed by atoms with E-state index in [2.05, 4.69) is 0 Å². The first-order valence-electron chi connectivity index (χ1n) is 12.0. The van der Waals surface area contributed by atoms with Crippen molar-refractivity contribution in [3.8, 4) is 16.9 Å². The number of hydrogen-bond donors (Lipinski definition) is 0. The van der Waals surface area contributed by atoms with Gasteiger partial charge < -0.3 is 4.74 Å². The van der Waals surface area contributed by atoms with Crippen LogP contribution in [0.15, 0.2) is 123 Å². The Morgan fingerprint density at radius 1 is 0.650 bits per heavy atom. The molecule has 0 unspecified atom stereocenters. The molecule has 0 heterocycles. The minimum atomic E-state index is -1.86. The smallest absolute Gasteiger partial charge is 0.198 e. The highest BCUT2D eigenvalue weighted by Crippen LogP contribution is 2.41. The number of carbonyl (C=O) groups excluding carboxylic acids is 1. The van der Waals surface area contributed by atoms with Gasteiger partial charge in [0.25, 0.3) is 0 Å². The normalized spacial score (nSPS) is 10.9. The fraction of sp³-hybridized carbons (Fsp3) is 0.0312. The lowest BCUT2D eigenvalue weighted by Gasteiger charge is -2.13. The van der Waals surface area contributed by atoms with Crippen molar-refractivity contribution in [3.63, 3.8) is 0 Å². The molecule has 2 nitrogen and oxygen atoms in total. The van der Waals surface area contributed by atoms with E-state index in [0.29, 0.717) is 33.4 Å². The molecule has 5 aromatic carbocycles. The molecule has 0 atom stereocenters. The van der Waals surface area contributed by atoms with Crippen LogP contribution in [-0.4, -0.2) is 12.9 Å². The molecule has 0 bridgehead atoms. The minimum Gasteiger partial charge on any atom is -0.497 e. The van der Waals surface area contributed by atoms with Gasteiger partial charge in [-0.1, -0.05) is 78.1 Å². The molecule has 0 amide bonds. The maximum Gasteiger partial charge on any atom is 0.198 e. The van der Waals surface area contributed by atoms with E-state index in [1.165, 1.54) is 18.9 Å². The molecule has 5 rings (SSSR count). The number of halogens is 4. The first-order chi connectivity index (χ1) is 19.4. The lowest BCUT2D eigenvalue weighted by atomic mass is 10.0. The second kappa shape index (κ2) is 12.0. The molecule has 0 radical (unpaired) electrons. The van der Waals surface area contributed by atoms with Crippen molar-refractivity contribution in [1.82, 2.24) is 0 Å². The van der Waals surface area contributed by atoms with E-state index in [4.69, 9.17) is 4.74 Å². The predicted octanol–water partition coefficient (Wildman–Crippen LogP) is 9.45. The molecule has 0 saturated heterocycles. The van der Waals surface area contributed by atoms with Crippen molar-refractivity contribution in [2.24, 2.45) is 0 Å². The summed E-state index contributed by atoms with van der Waals surface area (Å²) in [6.07, 6.45) is 0. The zero-order chi connectivity index (χ0) is 28.2. The Morgan fingerprint density at radius 3 is 2.08 bits per heavy atom. The summed E-state index contributed by atoms with van der Waals surface area (Å²) in [7, 11) is 1.50. The number of benzene rings is 5. The number of methoxy groups -OCH3 is 1.